The second kappa shape index (κ2) is 6.83. The Hall–Kier alpha value is -1.71. The van der Waals surface area contributed by atoms with Crippen molar-refractivity contribution in [3.05, 3.63) is 24.3 Å². The number of carbonyl (C=O) groups is 1. The van der Waals surface area contributed by atoms with Crippen LogP contribution in [-0.2, 0) is 4.79 Å². The Labute approximate surface area is 127 Å². The number of likely N-dealkylation sites (tertiary alicyclic amines) is 1. The van der Waals surface area contributed by atoms with Crippen LogP contribution in [0, 0.1) is 5.41 Å². The third kappa shape index (κ3) is 4.96. The number of nitrogens with two attached hydrogens (primary N) is 1. The molecule has 0 unspecified atom stereocenters. The third-order valence-electron chi connectivity index (χ3n) is 4.16. The van der Waals surface area contributed by atoms with E-state index in [9.17, 15) is 4.79 Å². The lowest BCUT2D eigenvalue weighted by Crippen LogP contribution is -2.33. The molecule has 0 aromatic heterocycles. The van der Waals surface area contributed by atoms with Crippen LogP contribution < -0.4 is 10.5 Å². The van der Waals surface area contributed by atoms with Gasteiger partial charge in [0.25, 0.3) is 0 Å². The van der Waals surface area contributed by atoms with Crippen LogP contribution in [0.25, 0.3) is 0 Å². The predicted octanol–water partition coefficient (Wildman–Crippen LogP) is 3.08. The first-order valence-electron chi connectivity index (χ1n) is 7.72. The number of hydrogen-bond donors (Lipinski definition) is 1. The van der Waals surface area contributed by atoms with Crippen LogP contribution in [0.4, 0.5) is 5.69 Å². The fourth-order valence-corrected chi connectivity index (χ4v) is 2.65. The summed E-state index contributed by atoms with van der Waals surface area (Å²) >= 11 is 0. The molecule has 0 spiro atoms. The van der Waals surface area contributed by atoms with E-state index in [2.05, 4.69) is 13.8 Å². The standard InChI is InChI=1S/C17H26N2O2/c1-17(2)9-3-11-19(12-10-17)16(20)8-13-21-15-6-4-14(18)5-7-15/h4-7H,3,8-13,18H2,1-2H3. The summed E-state index contributed by atoms with van der Waals surface area (Å²) in [5, 5.41) is 0. The minimum atomic E-state index is 0.197. The number of amides is 1. The molecule has 1 aromatic carbocycles. The molecule has 1 saturated heterocycles. The van der Waals surface area contributed by atoms with E-state index in [1.807, 2.05) is 17.0 Å². The highest BCUT2D eigenvalue weighted by Gasteiger charge is 2.25. The molecule has 1 fully saturated rings. The van der Waals surface area contributed by atoms with Gasteiger partial charge in [-0.15, -0.1) is 0 Å². The van der Waals surface area contributed by atoms with E-state index in [1.165, 1.54) is 6.42 Å². The summed E-state index contributed by atoms with van der Waals surface area (Å²) in [7, 11) is 0. The van der Waals surface area contributed by atoms with E-state index in [1.54, 1.807) is 12.1 Å². The average Bonchev–Trinajstić information content (AvgIpc) is 2.62. The first-order chi connectivity index (χ1) is 9.96. The van der Waals surface area contributed by atoms with Crippen LogP contribution in [0.5, 0.6) is 5.75 Å². The fraction of sp³-hybridized carbons (Fsp3) is 0.588. The summed E-state index contributed by atoms with van der Waals surface area (Å²) < 4.78 is 5.59. The monoisotopic (exact) mass is 290 g/mol. The Bertz CT molecular complexity index is 468. The van der Waals surface area contributed by atoms with E-state index in [-0.39, 0.29) is 5.91 Å². The number of nitrogen functional groups attached to an aromatic ring is 1. The highest BCUT2D eigenvalue weighted by Crippen LogP contribution is 2.29. The topological polar surface area (TPSA) is 55.6 Å². The highest BCUT2D eigenvalue weighted by molar-refractivity contribution is 5.76. The summed E-state index contributed by atoms with van der Waals surface area (Å²) in [4.78, 5) is 14.2. The van der Waals surface area contributed by atoms with E-state index < -0.39 is 0 Å². The van der Waals surface area contributed by atoms with Crippen molar-refractivity contribution >= 4 is 11.6 Å². The summed E-state index contributed by atoms with van der Waals surface area (Å²) in [6.45, 7) is 6.73. The second-order valence-corrected chi connectivity index (χ2v) is 6.57. The molecule has 1 aliphatic rings. The lowest BCUT2D eigenvalue weighted by atomic mass is 9.85. The third-order valence-corrected chi connectivity index (χ3v) is 4.16. The zero-order valence-corrected chi connectivity index (χ0v) is 13.1. The predicted molar refractivity (Wildman–Crippen MR) is 85.2 cm³/mol. The van der Waals surface area contributed by atoms with Crippen LogP contribution in [-0.4, -0.2) is 30.5 Å². The summed E-state index contributed by atoms with van der Waals surface area (Å²) in [5.74, 6) is 0.956. The van der Waals surface area contributed by atoms with Gasteiger partial charge in [0.1, 0.15) is 5.75 Å². The van der Waals surface area contributed by atoms with E-state index in [0.29, 0.717) is 24.1 Å². The first kappa shape index (κ1) is 15.7. The molecule has 0 radical (unpaired) electrons. The normalized spacial score (nSPS) is 18.1. The number of ether oxygens (including phenoxy) is 1. The van der Waals surface area contributed by atoms with Crippen molar-refractivity contribution in [3.63, 3.8) is 0 Å². The quantitative estimate of drug-likeness (QED) is 0.867. The van der Waals surface area contributed by atoms with Gasteiger partial charge in [0.15, 0.2) is 0 Å². The Morgan fingerprint density at radius 3 is 2.67 bits per heavy atom. The fourth-order valence-electron chi connectivity index (χ4n) is 2.65. The van der Waals surface area contributed by atoms with E-state index >= 15 is 0 Å². The van der Waals surface area contributed by atoms with Crippen LogP contribution in [0.2, 0.25) is 0 Å². The van der Waals surface area contributed by atoms with Gasteiger partial charge in [-0.25, -0.2) is 0 Å². The van der Waals surface area contributed by atoms with Crippen molar-refractivity contribution in [2.45, 2.75) is 39.5 Å². The van der Waals surface area contributed by atoms with Gasteiger partial charge in [-0.05, 0) is 48.9 Å². The van der Waals surface area contributed by atoms with Crippen molar-refractivity contribution in [3.8, 4) is 5.75 Å². The minimum Gasteiger partial charge on any atom is -0.493 e. The minimum absolute atomic E-state index is 0.197. The highest BCUT2D eigenvalue weighted by atomic mass is 16.5. The molecule has 1 heterocycles. The summed E-state index contributed by atoms with van der Waals surface area (Å²) in [6.07, 6.45) is 3.80. The molecular formula is C17H26N2O2. The van der Waals surface area contributed by atoms with Crippen molar-refractivity contribution in [2.24, 2.45) is 5.41 Å². The van der Waals surface area contributed by atoms with E-state index in [0.717, 1.165) is 31.7 Å². The Morgan fingerprint density at radius 1 is 1.24 bits per heavy atom. The maximum atomic E-state index is 12.2. The average molecular weight is 290 g/mol. The largest absolute Gasteiger partial charge is 0.493 e. The molecule has 0 bridgehead atoms. The van der Waals surface area contributed by atoms with Gasteiger partial charge in [0.05, 0.1) is 13.0 Å². The van der Waals surface area contributed by atoms with Gasteiger partial charge in [-0.2, -0.15) is 0 Å². The van der Waals surface area contributed by atoms with Gasteiger partial charge >= 0.3 is 0 Å². The molecule has 116 valence electrons. The van der Waals surface area contributed by atoms with Crippen molar-refractivity contribution in [1.82, 2.24) is 4.90 Å². The van der Waals surface area contributed by atoms with Crippen LogP contribution in [0.15, 0.2) is 24.3 Å². The van der Waals surface area contributed by atoms with Crippen LogP contribution >= 0.6 is 0 Å². The molecule has 4 heteroatoms. The van der Waals surface area contributed by atoms with Gasteiger partial charge in [-0.3, -0.25) is 4.79 Å². The molecule has 4 nitrogen and oxygen atoms in total. The van der Waals surface area contributed by atoms with Gasteiger partial charge < -0.3 is 15.4 Å². The van der Waals surface area contributed by atoms with Gasteiger partial charge in [0, 0.05) is 18.8 Å². The zero-order chi connectivity index (χ0) is 15.3. The maximum Gasteiger partial charge on any atom is 0.225 e. The molecule has 0 saturated carbocycles. The molecule has 0 aliphatic carbocycles. The maximum absolute atomic E-state index is 12.2. The lowest BCUT2D eigenvalue weighted by molar-refractivity contribution is -0.131. The first-order valence-corrected chi connectivity index (χ1v) is 7.72. The molecule has 0 atom stereocenters. The molecule has 2 rings (SSSR count). The second-order valence-electron chi connectivity index (χ2n) is 6.57. The molecular weight excluding hydrogens is 264 g/mol. The lowest BCUT2D eigenvalue weighted by Gasteiger charge is -2.23. The number of anilines is 1. The summed E-state index contributed by atoms with van der Waals surface area (Å²) in [6, 6.07) is 7.25. The molecule has 1 aromatic rings. The molecule has 2 N–H and O–H groups in total. The zero-order valence-electron chi connectivity index (χ0n) is 13.1. The number of nitrogens with zero attached hydrogens (tertiary/aromatic N) is 1. The van der Waals surface area contributed by atoms with E-state index in [4.69, 9.17) is 10.5 Å². The van der Waals surface area contributed by atoms with Crippen LogP contribution in [0.1, 0.15) is 39.5 Å². The molecule has 1 amide bonds. The summed E-state index contributed by atoms with van der Waals surface area (Å²) in [5.41, 5.74) is 6.69. The number of carbonyl (C=O) groups excluding carboxylic acids is 1. The van der Waals surface area contributed by atoms with Crippen LogP contribution in [0.3, 0.4) is 0 Å². The number of rotatable bonds is 4. The smallest absolute Gasteiger partial charge is 0.225 e. The molecule has 21 heavy (non-hydrogen) atoms. The number of benzene rings is 1. The van der Waals surface area contributed by atoms with Crippen molar-refractivity contribution in [1.29, 1.82) is 0 Å². The number of hydrogen-bond acceptors (Lipinski definition) is 3. The van der Waals surface area contributed by atoms with Crippen molar-refractivity contribution in [2.75, 3.05) is 25.4 Å². The Kier molecular flexibility index (Phi) is 5.10. The van der Waals surface area contributed by atoms with Gasteiger partial charge in [0.2, 0.25) is 5.91 Å². The molecule has 1 aliphatic heterocycles. The van der Waals surface area contributed by atoms with Gasteiger partial charge in [-0.1, -0.05) is 13.8 Å². The SMILES string of the molecule is CC1(C)CCCN(C(=O)CCOc2ccc(N)cc2)CC1. The Balaban J connectivity index is 1.75. The van der Waals surface area contributed by atoms with Crippen molar-refractivity contribution < 1.29 is 9.53 Å². The Morgan fingerprint density at radius 2 is 1.95 bits per heavy atom.